The van der Waals surface area contributed by atoms with Gasteiger partial charge in [-0.25, -0.2) is 8.42 Å². The van der Waals surface area contributed by atoms with E-state index in [1.54, 1.807) is 30.3 Å². The van der Waals surface area contributed by atoms with E-state index in [4.69, 9.17) is 10.00 Å². The van der Waals surface area contributed by atoms with Gasteiger partial charge in [0.15, 0.2) is 0 Å². The minimum Gasteiger partial charge on any atom is -0.497 e. The van der Waals surface area contributed by atoms with E-state index in [1.165, 1.54) is 31.4 Å². The lowest BCUT2D eigenvalue weighted by molar-refractivity contribution is -0.122. The summed E-state index contributed by atoms with van der Waals surface area (Å²) in [6.45, 7) is -0.200. The second-order valence-corrected chi connectivity index (χ2v) is 7.13. The summed E-state index contributed by atoms with van der Waals surface area (Å²) in [7, 11) is -2.44. The fraction of sp³-hybridized carbons (Fsp3) is 0.222. The lowest BCUT2D eigenvalue weighted by Gasteiger charge is -2.18. The normalized spacial score (nSPS) is 12.0. The first-order valence-electron chi connectivity index (χ1n) is 7.81. The Morgan fingerprint density at radius 2 is 1.81 bits per heavy atom. The standard InChI is InChI=1S/C18H19N3O4S/c1-25-15-7-9-16(10-8-15)26(23,24)21-17(18(22)20-12-11-19)13-14-5-3-2-4-6-14/h2-10,17,21H,12-13H2,1H3,(H,20,22). The summed E-state index contributed by atoms with van der Waals surface area (Å²) in [6, 6.07) is 15.6. The topological polar surface area (TPSA) is 108 Å². The van der Waals surface area contributed by atoms with Crippen LogP contribution in [0.5, 0.6) is 5.75 Å². The lowest BCUT2D eigenvalue weighted by Crippen LogP contribution is -2.48. The van der Waals surface area contributed by atoms with Gasteiger partial charge in [-0.3, -0.25) is 4.79 Å². The smallest absolute Gasteiger partial charge is 0.241 e. The molecule has 2 N–H and O–H groups in total. The van der Waals surface area contributed by atoms with Crippen LogP contribution in [-0.4, -0.2) is 34.0 Å². The predicted octanol–water partition coefficient (Wildman–Crippen LogP) is 1.22. The van der Waals surface area contributed by atoms with Crippen LogP contribution in [0.1, 0.15) is 5.56 Å². The van der Waals surface area contributed by atoms with Gasteiger partial charge in [0.25, 0.3) is 0 Å². The number of carbonyl (C=O) groups is 1. The molecule has 0 bridgehead atoms. The third-order valence-electron chi connectivity index (χ3n) is 3.61. The average molecular weight is 373 g/mol. The molecule has 0 radical (unpaired) electrons. The van der Waals surface area contributed by atoms with Crippen molar-refractivity contribution in [1.29, 1.82) is 5.26 Å². The molecule has 26 heavy (non-hydrogen) atoms. The largest absolute Gasteiger partial charge is 0.497 e. The van der Waals surface area contributed by atoms with Crippen LogP contribution >= 0.6 is 0 Å². The number of nitrogens with zero attached hydrogens (tertiary/aromatic N) is 1. The van der Waals surface area contributed by atoms with Gasteiger partial charge in [0.05, 0.1) is 18.1 Å². The number of sulfonamides is 1. The van der Waals surface area contributed by atoms with E-state index in [0.29, 0.717) is 5.75 Å². The minimum atomic E-state index is -3.92. The van der Waals surface area contributed by atoms with E-state index in [0.717, 1.165) is 5.56 Å². The van der Waals surface area contributed by atoms with Gasteiger partial charge in [0.1, 0.15) is 18.3 Å². The molecular formula is C18H19N3O4S. The second kappa shape index (κ2) is 8.99. The number of nitriles is 1. The summed E-state index contributed by atoms with van der Waals surface area (Å²) in [6.07, 6.45) is 0.160. The van der Waals surface area contributed by atoms with E-state index < -0.39 is 22.0 Å². The number of ether oxygens (including phenoxy) is 1. The number of benzene rings is 2. The monoisotopic (exact) mass is 373 g/mol. The molecule has 0 spiro atoms. The van der Waals surface area contributed by atoms with E-state index in [2.05, 4.69) is 10.0 Å². The number of amides is 1. The number of hydrogen-bond acceptors (Lipinski definition) is 5. The first-order chi connectivity index (χ1) is 12.5. The highest BCUT2D eigenvalue weighted by atomic mass is 32.2. The zero-order valence-corrected chi connectivity index (χ0v) is 15.0. The summed E-state index contributed by atoms with van der Waals surface area (Å²) in [5.41, 5.74) is 0.794. The van der Waals surface area contributed by atoms with Gasteiger partial charge in [0, 0.05) is 0 Å². The quantitative estimate of drug-likeness (QED) is 0.677. The molecule has 0 fully saturated rings. The lowest BCUT2D eigenvalue weighted by atomic mass is 10.1. The minimum absolute atomic E-state index is 0.0180. The van der Waals surface area contributed by atoms with Crippen molar-refractivity contribution in [2.75, 3.05) is 13.7 Å². The molecule has 0 aliphatic heterocycles. The van der Waals surface area contributed by atoms with Crippen molar-refractivity contribution in [2.24, 2.45) is 0 Å². The summed E-state index contributed by atoms with van der Waals surface area (Å²) in [5, 5.41) is 11.0. The number of rotatable bonds is 8. The molecule has 0 aliphatic carbocycles. The maximum atomic E-state index is 12.6. The van der Waals surface area contributed by atoms with Crippen molar-refractivity contribution < 1.29 is 17.9 Å². The fourth-order valence-corrected chi connectivity index (χ4v) is 3.49. The molecule has 0 saturated heterocycles. The molecule has 0 saturated carbocycles. The molecule has 8 heteroatoms. The highest BCUT2D eigenvalue weighted by molar-refractivity contribution is 7.89. The maximum absolute atomic E-state index is 12.6. The summed E-state index contributed by atoms with van der Waals surface area (Å²) in [5.74, 6) is -0.0379. The number of carbonyl (C=O) groups excluding carboxylic acids is 1. The molecule has 2 aromatic carbocycles. The molecule has 1 unspecified atom stereocenters. The maximum Gasteiger partial charge on any atom is 0.241 e. The zero-order valence-electron chi connectivity index (χ0n) is 14.2. The first-order valence-corrected chi connectivity index (χ1v) is 9.29. The van der Waals surface area contributed by atoms with Crippen LogP contribution in [0.15, 0.2) is 59.5 Å². The first kappa shape index (κ1) is 19.4. The van der Waals surface area contributed by atoms with Crippen molar-refractivity contribution in [3.05, 3.63) is 60.2 Å². The predicted molar refractivity (Wildman–Crippen MR) is 95.9 cm³/mol. The number of hydrogen-bond donors (Lipinski definition) is 2. The van der Waals surface area contributed by atoms with Crippen LogP contribution < -0.4 is 14.8 Å². The van der Waals surface area contributed by atoms with Gasteiger partial charge in [-0.05, 0) is 36.2 Å². The molecule has 2 aromatic rings. The van der Waals surface area contributed by atoms with E-state index >= 15 is 0 Å². The van der Waals surface area contributed by atoms with E-state index in [1.807, 2.05) is 6.07 Å². The van der Waals surface area contributed by atoms with Crippen molar-refractivity contribution >= 4 is 15.9 Å². The third kappa shape index (κ3) is 5.31. The van der Waals surface area contributed by atoms with Gasteiger partial charge in [-0.2, -0.15) is 9.98 Å². The Morgan fingerprint density at radius 1 is 1.15 bits per heavy atom. The number of nitrogens with one attached hydrogen (secondary N) is 2. The third-order valence-corrected chi connectivity index (χ3v) is 5.10. The van der Waals surface area contributed by atoms with Gasteiger partial charge in [-0.1, -0.05) is 30.3 Å². The average Bonchev–Trinajstić information content (AvgIpc) is 2.66. The Hall–Kier alpha value is -2.89. The van der Waals surface area contributed by atoms with Crippen LogP contribution in [0.25, 0.3) is 0 Å². The van der Waals surface area contributed by atoms with Crippen LogP contribution in [0, 0.1) is 11.3 Å². The van der Waals surface area contributed by atoms with Gasteiger partial charge < -0.3 is 10.1 Å². The summed E-state index contributed by atoms with van der Waals surface area (Å²) >= 11 is 0. The van der Waals surface area contributed by atoms with E-state index in [-0.39, 0.29) is 17.9 Å². The highest BCUT2D eigenvalue weighted by Crippen LogP contribution is 2.16. The SMILES string of the molecule is COc1ccc(S(=O)(=O)NC(Cc2ccccc2)C(=O)NCC#N)cc1. The summed E-state index contributed by atoms with van der Waals surface area (Å²) in [4.78, 5) is 12.3. The van der Waals surface area contributed by atoms with Crippen molar-refractivity contribution in [3.63, 3.8) is 0 Å². The van der Waals surface area contributed by atoms with E-state index in [9.17, 15) is 13.2 Å². The Labute approximate surface area is 152 Å². The molecule has 0 aliphatic rings. The summed E-state index contributed by atoms with van der Waals surface area (Å²) < 4.78 is 32.7. The fourth-order valence-electron chi connectivity index (χ4n) is 2.30. The molecule has 0 heterocycles. The molecule has 7 nitrogen and oxygen atoms in total. The van der Waals surface area contributed by atoms with Crippen LogP contribution in [0.3, 0.4) is 0 Å². The molecular weight excluding hydrogens is 354 g/mol. The molecule has 1 atom stereocenters. The van der Waals surface area contributed by atoms with Crippen LogP contribution in [0.4, 0.5) is 0 Å². The Morgan fingerprint density at radius 3 is 2.38 bits per heavy atom. The molecule has 0 aromatic heterocycles. The molecule has 1 amide bonds. The highest BCUT2D eigenvalue weighted by Gasteiger charge is 2.26. The van der Waals surface area contributed by atoms with Gasteiger partial charge >= 0.3 is 0 Å². The second-order valence-electron chi connectivity index (χ2n) is 5.42. The zero-order chi connectivity index (χ0) is 19.0. The van der Waals surface area contributed by atoms with Crippen molar-refractivity contribution in [1.82, 2.24) is 10.0 Å². The Bertz CT molecular complexity index is 875. The van der Waals surface area contributed by atoms with Crippen LogP contribution in [0.2, 0.25) is 0 Å². The van der Waals surface area contributed by atoms with Gasteiger partial charge in [0.2, 0.25) is 15.9 Å². The van der Waals surface area contributed by atoms with Crippen molar-refractivity contribution in [3.8, 4) is 11.8 Å². The van der Waals surface area contributed by atoms with Crippen LogP contribution in [-0.2, 0) is 21.2 Å². The van der Waals surface area contributed by atoms with Gasteiger partial charge in [-0.15, -0.1) is 0 Å². The Balaban J connectivity index is 2.23. The molecule has 136 valence electrons. The van der Waals surface area contributed by atoms with Crippen molar-refractivity contribution in [2.45, 2.75) is 17.4 Å². The molecule has 2 rings (SSSR count). The number of methoxy groups -OCH3 is 1. The Kier molecular flexibility index (Phi) is 6.72.